The van der Waals surface area contributed by atoms with Gasteiger partial charge in [-0.2, -0.15) is 4.68 Å². The molecule has 1 saturated heterocycles. The molecule has 8 rings (SSSR count). The second kappa shape index (κ2) is 11.1. The van der Waals surface area contributed by atoms with Gasteiger partial charge in [-0.15, -0.1) is 5.10 Å². The highest BCUT2D eigenvalue weighted by molar-refractivity contribution is 5.50. The topological polar surface area (TPSA) is 98.1 Å². The van der Waals surface area contributed by atoms with Crippen LogP contribution in [0.25, 0.3) is 11.8 Å². The first kappa shape index (κ1) is 23.7. The molecule has 6 heterocycles. The molecule has 1 aromatic heterocycles. The quantitative estimate of drug-likeness (QED) is 0.458. The molecule has 5 aliphatic rings. The molecule has 1 fully saturated rings. The SMILES string of the molecule is C1=c2nnn3/c2=N/C(=C\CC1)Nc1ccc(cc1)OCCCCNC1OC1CCCOc1ccc-3cc1. The summed E-state index contributed by atoms with van der Waals surface area (Å²) >= 11 is 0. The summed E-state index contributed by atoms with van der Waals surface area (Å²) in [7, 11) is 0. The van der Waals surface area contributed by atoms with Crippen molar-refractivity contribution in [2.45, 2.75) is 50.9 Å². The van der Waals surface area contributed by atoms with Crippen LogP contribution < -0.4 is 30.9 Å². The molecule has 2 aromatic carbocycles. The van der Waals surface area contributed by atoms with Crippen molar-refractivity contribution in [1.82, 2.24) is 20.3 Å². The van der Waals surface area contributed by atoms with Crippen LogP contribution in [0.15, 0.2) is 65.4 Å². The Bertz CT molecular complexity index is 1350. The number of benzene rings is 2. The van der Waals surface area contributed by atoms with Crippen LogP contribution in [0.1, 0.15) is 38.5 Å². The first-order valence-corrected chi connectivity index (χ1v) is 13.1. The first-order chi connectivity index (χ1) is 18.3. The highest BCUT2D eigenvalue weighted by atomic mass is 16.6. The van der Waals surface area contributed by atoms with Crippen molar-refractivity contribution in [1.29, 1.82) is 0 Å². The van der Waals surface area contributed by atoms with Crippen LogP contribution in [0.4, 0.5) is 5.69 Å². The van der Waals surface area contributed by atoms with Gasteiger partial charge in [0.15, 0.2) is 5.49 Å². The molecule has 9 nitrogen and oxygen atoms in total. The zero-order valence-corrected chi connectivity index (χ0v) is 20.8. The highest BCUT2D eigenvalue weighted by Gasteiger charge is 2.37. The normalized spacial score (nSPS) is 24.4. The molecule has 0 spiro atoms. The molecule has 3 aromatic rings. The van der Waals surface area contributed by atoms with Gasteiger partial charge in [0, 0.05) is 5.69 Å². The van der Waals surface area contributed by atoms with E-state index in [2.05, 4.69) is 33.1 Å². The van der Waals surface area contributed by atoms with E-state index in [0.29, 0.717) is 18.7 Å². The monoisotopic (exact) mass is 500 g/mol. The Hall–Kier alpha value is -3.69. The van der Waals surface area contributed by atoms with Crippen molar-refractivity contribution < 1.29 is 14.2 Å². The maximum atomic E-state index is 5.96. The van der Waals surface area contributed by atoms with E-state index in [4.69, 9.17) is 19.2 Å². The number of ether oxygens (including phenoxy) is 3. The summed E-state index contributed by atoms with van der Waals surface area (Å²) in [5.74, 6) is 2.47. The van der Waals surface area contributed by atoms with Crippen LogP contribution in [0.5, 0.6) is 11.5 Å². The fraction of sp³-hybridized carbons (Fsp3) is 0.393. The Morgan fingerprint density at radius 2 is 1.59 bits per heavy atom. The summed E-state index contributed by atoms with van der Waals surface area (Å²) in [4.78, 5) is 4.91. The third kappa shape index (κ3) is 6.00. The Kier molecular flexibility index (Phi) is 7.14. The number of fused-ring (bicyclic) bond motifs is 2. The number of hydrogen-bond donors (Lipinski definition) is 2. The standard InChI is InChI=1S/C28H32N6O3/c1-2-8-26-30-20-9-13-22(14-10-20)35-18-4-3-17-29-28-25(37-28)7-5-19-36-23-15-11-21(12-16-23)34-27(31-26)24(6-1)32-33-34/h6,8-16,25,28-30H,1-5,7,17-19H2/b24-6?,26-8-,31-27+. The summed E-state index contributed by atoms with van der Waals surface area (Å²) in [5.41, 5.74) is 2.53. The van der Waals surface area contributed by atoms with Crippen LogP contribution in [-0.2, 0) is 4.74 Å². The van der Waals surface area contributed by atoms with Gasteiger partial charge in [-0.05, 0) is 99.7 Å². The number of nitrogens with one attached hydrogen (secondary N) is 2. The van der Waals surface area contributed by atoms with Crippen molar-refractivity contribution in [2.75, 3.05) is 25.1 Å². The summed E-state index contributed by atoms with van der Waals surface area (Å²) in [5, 5.41) is 16.5. The molecule has 0 amide bonds. The van der Waals surface area contributed by atoms with Gasteiger partial charge in [-0.3, -0.25) is 5.32 Å². The Morgan fingerprint density at radius 1 is 0.838 bits per heavy atom. The van der Waals surface area contributed by atoms with Gasteiger partial charge in [-0.1, -0.05) is 11.3 Å². The van der Waals surface area contributed by atoms with Crippen molar-refractivity contribution in [3.63, 3.8) is 0 Å². The van der Waals surface area contributed by atoms with Crippen LogP contribution >= 0.6 is 0 Å². The lowest BCUT2D eigenvalue weighted by atomic mass is 10.2. The molecule has 0 saturated carbocycles. The number of allylic oxidation sites excluding steroid dienone is 1. The molecule has 37 heavy (non-hydrogen) atoms. The number of epoxide rings is 1. The Labute approximate surface area is 215 Å². The minimum atomic E-state index is 0.175. The third-order valence-electron chi connectivity index (χ3n) is 6.62. The molecule has 2 N–H and O–H groups in total. The molecular formula is C28H32N6O3. The predicted octanol–water partition coefficient (Wildman–Crippen LogP) is 3.06. The van der Waals surface area contributed by atoms with Crippen molar-refractivity contribution in [2.24, 2.45) is 4.99 Å². The fourth-order valence-corrected chi connectivity index (χ4v) is 4.52. The molecule has 6 bridgehead atoms. The zero-order valence-electron chi connectivity index (χ0n) is 20.8. The van der Waals surface area contributed by atoms with Crippen molar-refractivity contribution >= 4 is 11.8 Å². The van der Waals surface area contributed by atoms with E-state index < -0.39 is 0 Å². The second-order valence-corrected chi connectivity index (χ2v) is 9.43. The van der Waals surface area contributed by atoms with E-state index >= 15 is 0 Å². The molecule has 9 heteroatoms. The van der Waals surface area contributed by atoms with Crippen LogP contribution in [-0.4, -0.2) is 47.1 Å². The van der Waals surface area contributed by atoms with E-state index in [1.54, 1.807) is 4.68 Å². The smallest absolute Gasteiger partial charge is 0.185 e. The summed E-state index contributed by atoms with van der Waals surface area (Å²) in [6.45, 7) is 2.28. The third-order valence-corrected chi connectivity index (χ3v) is 6.62. The lowest BCUT2D eigenvalue weighted by molar-refractivity contribution is 0.288. The lowest BCUT2D eigenvalue weighted by Crippen LogP contribution is -2.31. The minimum absolute atomic E-state index is 0.175. The average Bonchev–Trinajstić information content (AvgIpc) is 3.55. The maximum Gasteiger partial charge on any atom is 0.185 e. The number of rotatable bonds is 0. The van der Waals surface area contributed by atoms with E-state index in [-0.39, 0.29) is 12.3 Å². The summed E-state index contributed by atoms with van der Waals surface area (Å²) in [6, 6.07) is 15.9. The Morgan fingerprint density at radius 3 is 2.43 bits per heavy atom. The van der Waals surface area contributed by atoms with Gasteiger partial charge >= 0.3 is 0 Å². The molecular weight excluding hydrogens is 468 g/mol. The van der Waals surface area contributed by atoms with Gasteiger partial charge in [0.25, 0.3) is 0 Å². The zero-order chi connectivity index (χ0) is 24.9. The predicted molar refractivity (Wildman–Crippen MR) is 140 cm³/mol. The Balaban J connectivity index is 1.25. The second-order valence-electron chi connectivity index (χ2n) is 9.43. The maximum absolute atomic E-state index is 5.96. The van der Waals surface area contributed by atoms with Crippen molar-refractivity contribution in [3.05, 3.63) is 71.3 Å². The van der Waals surface area contributed by atoms with E-state index in [0.717, 1.165) is 79.1 Å². The average molecular weight is 501 g/mol. The van der Waals surface area contributed by atoms with E-state index in [1.807, 2.05) is 48.5 Å². The fourth-order valence-electron chi connectivity index (χ4n) is 4.52. The first-order valence-electron chi connectivity index (χ1n) is 13.1. The number of anilines is 1. The number of hydrogen-bond acceptors (Lipinski definition) is 8. The van der Waals surface area contributed by atoms with Gasteiger partial charge in [0.1, 0.15) is 28.9 Å². The molecule has 2 unspecified atom stereocenters. The van der Waals surface area contributed by atoms with Gasteiger partial charge in [-0.25, -0.2) is 4.99 Å². The van der Waals surface area contributed by atoms with Gasteiger partial charge in [0.2, 0.25) is 0 Å². The minimum Gasteiger partial charge on any atom is -0.494 e. The van der Waals surface area contributed by atoms with Gasteiger partial charge in [0.05, 0.1) is 25.0 Å². The summed E-state index contributed by atoms with van der Waals surface area (Å²) in [6.07, 6.45) is 10.4. The van der Waals surface area contributed by atoms with Crippen LogP contribution in [0, 0.1) is 0 Å². The molecule has 0 radical (unpaired) electrons. The highest BCUT2D eigenvalue weighted by Crippen LogP contribution is 2.24. The van der Waals surface area contributed by atoms with E-state index in [9.17, 15) is 0 Å². The molecule has 192 valence electrons. The van der Waals surface area contributed by atoms with Crippen LogP contribution in [0.3, 0.4) is 0 Å². The summed E-state index contributed by atoms with van der Waals surface area (Å²) < 4.78 is 19.4. The number of nitrogens with zero attached hydrogens (tertiary/aromatic N) is 4. The molecule has 2 atom stereocenters. The molecule has 0 aliphatic carbocycles. The molecule has 5 aliphatic heterocycles. The lowest BCUT2D eigenvalue weighted by Gasteiger charge is -2.10. The number of aromatic nitrogens is 3. The van der Waals surface area contributed by atoms with Crippen LogP contribution in [0.2, 0.25) is 0 Å². The largest absolute Gasteiger partial charge is 0.494 e. The van der Waals surface area contributed by atoms with E-state index in [1.165, 1.54) is 0 Å². The van der Waals surface area contributed by atoms with Gasteiger partial charge < -0.3 is 19.5 Å². The van der Waals surface area contributed by atoms with Crippen molar-refractivity contribution in [3.8, 4) is 17.2 Å².